The summed E-state index contributed by atoms with van der Waals surface area (Å²) in [5, 5.41) is 16.2. The molecule has 2 aromatic carbocycles. The molecule has 0 bridgehead atoms. The molecule has 0 unspecified atom stereocenters. The number of benzene rings is 2. The molecule has 0 fully saturated rings. The van der Waals surface area contributed by atoms with E-state index in [-0.39, 0.29) is 17.2 Å². The summed E-state index contributed by atoms with van der Waals surface area (Å²) in [5.41, 5.74) is 3.99. The van der Waals surface area contributed by atoms with E-state index in [1.165, 1.54) is 18.3 Å². The molecule has 1 heterocycles. The molecule has 3 rings (SSSR count). The summed E-state index contributed by atoms with van der Waals surface area (Å²) in [6, 6.07) is 13.5. The predicted octanol–water partition coefficient (Wildman–Crippen LogP) is 1.84. The highest BCUT2D eigenvalue weighted by atomic mass is 16.3. The molecule has 6 heteroatoms. The molecule has 1 aliphatic heterocycles. The Hall–Kier alpha value is -3.15. The van der Waals surface area contributed by atoms with Crippen molar-refractivity contribution in [1.29, 1.82) is 0 Å². The summed E-state index contributed by atoms with van der Waals surface area (Å²) in [5.74, 6) is -1.40. The van der Waals surface area contributed by atoms with Crippen LogP contribution in [-0.4, -0.2) is 23.1 Å². The average molecular weight is 295 g/mol. The zero-order chi connectivity index (χ0) is 15.5. The number of hydrazone groups is 1. The lowest BCUT2D eigenvalue weighted by Crippen LogP contribution is -2.20. The molecule has 1 atom stereocenters. The lowest BCUT2D eigenvalue weighted by Gasteiger charge is -2.04. The highest BCUT2D eigenvalue weighted by Gasteiger charge is 2.28. The number of fused-ring (bicyclic) bond motifs is 1. The third-order valence-electron chi connectivity index (χ3n) is 3.37. The topological polar surface area (TPSA) is 90.8 Å². The van der Waals surface area contributed by atoms with E-state index in [4.69, 9.17) is 0 Å². The van der Waals surface area contributed by atoms with Crippen molar-refractivity contribution in [3.8, 4) is 5.75 Å². The molecule has 3 N–H and O–H groups in total. The minimum absolute atomic E-state index is 0.121. The zero-order valence-corrected chi connectivity index (χ0v) is 11.5. The summed E-state index contributed by atoms with van der Waals surface area (Å²) in [7, 11) is 0. The number of para-hydroxylation sites is 2. The fourth-order valence-electron chi connectivity index (χ4n) is 2.28. The van der Waals surface area contributed by atoms with Gasteiger partial charge in [-0.25, -0.2) is 5.43 Å². The fraction of sp³-hybridized carbons (Fsp3) is 0.0625. The van der Waals surface area contributed by atoms with Crippen LogP contribution in [0.3, 0.4) is 0 Å². The van der Waals surface area contributed by atoms with Crippen molar-refractivity contribution in [3.63, 3.8) is 0 Å². The van der Waals surface area contributed by atoms with Crippen molar-refractivity contribution >= 4 is 23.7 Å². The van der Waals surface area contributed by atoms with Gasteiger partial charge in [0.1, 0.15) is 11.7 Å². The lowest BCUT2D eigenvalue weighted by atomic mass is 10.0. The van der Waals surface area contributed by atoms with Crippen LogP contribution in [0.1, 0.15) is 21.8 Å². The molecule has 2 amide bonds. The van der Waals surface area contributed by atoms with E-state index in [0.29, 0.717) is 0 Å². The first-order chi connectivity index (χ1) is 10.7. The van der Waals surface area contributed by atoms with Crippen LogP contribution in [0.25, 0.3) is 0 Å². The number of rotatable bonds is 3. The maximum atomic E-state index is 11.9. The van der Waals surface area contributed by atoms with Gasteiger partial charge < -0.3 is 10.4 Å². The molecule has 22 heavy (non-hydrogen) atoms. The van der Waals surface area contributed by atoms with Gasteiger partial charge in [-0.2, -0.15) is 5.10 Å². The van der Waals surface area contributed by atoms with Crippen LogP contribution in [-0.2, 0) is 4.79 Å². The number of nitrogens with one attached hydrogen (secondary N) is 2. The number of hydrogen-bond donors (Lipinski definition) is 3. The summed E-state index contributed by atoms with van der Waals surface area (Å²) in [6.45, 7) is 0. The van der Waals surface area contributed by atoms with E-state index in [2.05, 4.69) is 15.8 Å². The Balaban J connectivity index is 1.72. The second kappa shape index (κ2) is 5.69. The molecule has 0 radical (unpaired) electrons. The van der Waals surface area contributed by atoms with Gasteiger partial charge in [0.15, 0.2) is 0 Å². The number of hydrogen-bond acceptors (Lipinski definition) is 4. The summed E-state index contributed by atoms with van der Waals surface area (Å²) >= 11 is 0. The van der Waals surface area contributed by atoms with Gasteiger partial charge in [-0.1, -0.05) is 30.3 Å². The molecular formula is C16H13N3O3. The Bertz CT molecular complexity index is 771. The van der Waals surface area contributed by atoms with Crippen molar-refractivity contribution in [2.45, 2.75) is 5.92 Å². The number of nitrogens with zero attached hydrogens (tertiary/aromatic N) is 1. The maximum Gasteiger partial charge on any atom is 0.275 e. The summed E-state index contributed by atoms with van der Waals surface area (Å²) in [4.78, 5) is 23.8. The van der Waals surface area contributed by atoms with Crippen LogP contribution in [0.4, 0.5) is 5.69 Å². The van der Waals surface area contributed by atoms with E-state index in [1.807, 2.05) is 24.3 Å². The molecule has 2 aromatic rings. The molecule has 0 aliphatic carbocycles. The van der Waals surface area contributed by atoms with Gasteiger partial charge >= 0.3 is 0 Å². The van der Waals surface area contributed by atoms with E-state index in [0.717, 1.165) is 11.3 Å². The highest BCUT2D eigenvalue weighted by Crippen LogP contribution is 2.30. The summed E-state index contributed by atoms with van der Waals surface area (Å²) in [6.07, 6.45) is 1.37. The highest BCUT2D eigenvalue weighted by molar-refractivity contribution is 6.12. The van der Waals surface area contributed by atoms with Gasteiger partial charge in [0.25, 0.3) is 5.91 Å². The van der Waals surface area contributed by atoms with E-state index in [9.17, 15) is 14.7 Å². The number of phenols is 1. The SMILES string of the molecule is O=C(N/N=C\[C@@H]1C(=O)Nc2ccccc21)c1ccccc1O. The first kappa shape index (κ1) is 13.8. The van der Waals surface area contributed by atoms with Crippen LogP contribution >= 0.6 is 0 Å². The fourth-order valence-corrected chi connectivity index (χ4v) is 2.28. The number of amides is 2. The minimum atomic E-state index is -0.541. The van der Waals surface area contributed by atoms with Crippen molar-refractivity contribution < 1.29 is 14.7 Å². The van der Waals surface area contributed by atoms with Gasteiger partial charge in [-0.3, -0.25) is 9.59 Å². The first-order valence-electron chi connectivity index (χ1n) is 6.68. The number of carbonyl (C=O) groups excluding carboxylic acids is 2. The van der Waals surface area contributed by atoms with Crippen LogP contribution in [0, 0.1) is 0 Å². The van der Waals surface area contributed by atoms with Gasteiger partial charge in [0.05, 0.1) is 5.56 Å². The van der Waals surface area contributed by atoms with Gasteiger partial charge in [-0.15, -0.1) is 0 Å². The molecule has 0 aromatic heterocycles. The monoisotopic (exact) mass is 295 g/mol. The predicted molar refractivity (Wildman–Crippen MR) is 81.9 cm³/mol. The van der Waals surface area contributed by atoms with Crippen LogP contribution in [0.15, 0.2) is 53.6 Å². The van der Waals surface area contributed by atoms with Crippen LogP contribution < -0.4 is 10.7 Å². The third-order valence-corrected chi connectivity index (χ3v) is 3.37. The van der Waals surface area contributed by atoms with Crippen molar-refractivity contribution in [1.82, 2.24) is 5.43 Å². The van der Waals surface area contributed by atoms with Crippen molar-refractivity contribution in [2.24, 2.45) is 5.10 Å². The average Bonchev–Trinajstić information content (AvgIpc) is 2.83. The van der Waals surface area contributed by atoms with Crippen molar-refractivity contribution in [3.05, 3.63) is 59.7 Å². The molecule has 110 valence electrons. The minimum Gasteiger partial charge on any atom is -0.507 e. The largest absolute Gasteiger partial charge is 0.507 e. The molecule has 0 spiro atoms. The Kier molecular flexibility index (Phi) is 3.57. The zero-order valence-electron chi connectivity index (χ0n) is 11.5. The van der Waals surface area contributed by atoms with Crippen LogP contribution in [0.5, 0.6) is 5.75 Å². The van der Waals surface area contributed by atoms with Gasteiger partial charge in [0.2, 0.25) is 5.91 Å². The first-order valence-corrected chi connectivity index (χ1v) is 6.68. The second-order valence-corrected chi connectivity index (χ2v) is 4.79. The standard InChI is InChI=1S/C16H13N3O3/c20-14-8-4-2-6-11(14)16(22)19-17-9-12-10-5-1-3-7-13(10)18-15(12)21/h1-9,12,20H,(H,18,21)(H,19,22)/b17-9-/t12-/m0/s1. The number of anilines is 1. The van der Waals surface area contributed by atoms with Gasteiger partial charge in [0, 0.05) is 11.9 Å². The number of phenolic OH excluding ortho intramolecular Hbond substituents is 1. The normalized spacial score (nSPS) is 16.4. The number of aromatic hydroxyl groups is 1. The quantitative estimate of drug-likeness (QED) is 0.596. The Labute approximate surface area is 126 Å². The smallest absolute Gasteiger partial charge is 0.275 e. The molecule has 1 aliphatic rings. The maximum absolute atomic E-state index is 11.9. The Morgan fingerprint density at radius 2 is 1.91 bits per heavy atom. The second-order valence-electron chi connectivity index (χ2n) is 4.79. The van der Waals surface area contributed by atoms with Crippen molar-refractivity contribution in [2.75, 3.05) is 5.32 Å². The van der Waals surface area contributed by atoms with E-state index >= 15 is 0 Å². The van der Waals surface area contributed by atoms with Crippen LogP contribution in [0.2, 0.25) is 0 Å². The van der Waals surface area contributed by atoms with Gasteiger partial charge in [-0.05, 0) is 23.8 Å². The van der Waals surface area contributed by atoms with E-state index in [1.54, 1.807) is 12.1 Å². The van der Waals surface area contributed by atoms with E-state index < -0.39 is 11.8 Å². The number of carbonyl (C=O) groups is 2. The Morgan fingerprint density at radius 1 is 1.18 bits per heavy atom. The third kappa shape index (κ3) is 2.54. The molecule has 0 saturated carbocycles. The summed E-state index contributed by atoms with van der Waals surface area (Å²) < 4.78 is 0. The molecular weight excluding hydrogens is 282 g/mol. The molecule has 0 saturated heterocycles. The molecule has 6 nitrogen and oxygen atoms in total. The lowest BCUT2D eigenvalue weighted by molar-refractivity contribution is -0.115. The Morgan fingerprint density at radius 3 is 2.73 bits per heavy atom.